The van der Waals surface area contributed by atoms with Gasteiger partial charge in [0.15, 0.2) is 0 Å². The SMILES string of the molecule is CNC1(COc2ccc(Br)cc2)COC1. The third kappa shape index (κ3) is 2.51. The maximum Gasteiger partial charge on any atom is 0.119 e. The average molecular weight is 272 g/mol. The quantitative estimate of drug-likeness (QED) is 0.906. The van der Waals surface area contributed by atoms with Gasteiger partial charge in [0.05, 0.1) is 18.8 Å². The van der Waals surface area contributed by atoms with E-state index in [4.69, 9.17) is 9.47 Å². The van der Waals surface area contributed by atoms with Crippen molar-refractivity contribution in [3.05, 3.63) is 28.7 Å². The first kappa shape index (κ1) is 10.9. The summed E-state index contributed by atoms with van der Waals surface area (Å²) in [6.07, 6.45) is 0. The van der Waals surface area contributed by atoms with Crippen LogP contribution in [0.4, 0.5) is 0 Å². The van der Waals surface area contributed by atoms with Gasteiger partial charge in [-0.2, -0.15) is 0 Å². The Bertz CT molecular complexity index is 316. The van der Waals surface area contributed by atoms with Crippen molar-refractivity contribution >= 4 is 15.9 Å². The number of hydrogen-bond acceptors (Lipinski definition) is 3. The van der Waals surface area contributed by atoms with E-state index in [1.54, 1.807) is 0 Å². The van der Waals surface area contributed by atoms with Crippen molar-refractivity contribution in [3.63, 3.8) is 0 Å². The van der Waals surface area contributed by atoms with Gasteiger partial charge in [0.25, 0.3) is 0 Å². The van der Waals surface area contributed by atoms with Crippen molar-refractivity contribution < 1.29 is 9.47 Å². The molecule has 3 nitrogen and oxygen atoms in total. The summed E-state index contributed by atoms with van der Waals surface area (Å²) in [4.78, 5) is 0. The number of nitrogens with one attached hydrogen (secondary N) is 1. The second-order valence-corrected chi connectivity index (χ2v) is 4.68. The average Bonchev–Trinajstić information content (AvgIpc) is 2.20. The second-order valence-electron chi connectivity index (χ2n) is 3.77. The van der Waals surface area contributed by atoms with Crippen molar-refractivity contribution in [1.29, 1.82) is 0 Å². The van der Waals surface area contributed by atoms with Crippen LogP contribution in [-0.4, -0.2) is 32.4 Å². The van der Waals surface area contributed by atoms with Gasteiger partial charge >= 0.3 is 0 Å². The number of ether oxygens (including phenoxy) is 2. The topological polar surface area (TPSA) is 30.5 Å². The number of rotatable bonds is 4. The summed E-state index contributed by atoms with van der Waals surface area (Å²) in [6.45, 7) is 2.09. The first-order chi connectivity index (χ1) is 7.24. The number of benzene rings is 1. The molecule has 0 saturated carbocycles. The van der Waals surface area contributed by atoms with Crippen LogP contribution >= 0.6 is 15.9 Å². The van der Waals surface area contributed by atoms with Gasteiger partial charge in [-0.05, 0) is 31.3 Å². The summed E-state index contributed by atoms with van der Waals surface area (Å²) in [5.41, 5.74) is 0.00702. The van der Waals surface area contributed by atoms with E-state index in [9.17, 15) is 0 Å². The van der Waals surface area contributed by atoms with Crippen LogP contribution in [0, 0.1) is 0 Å². The van der Waals surface area contributed by atoms with Gasteiger partial charge in [-0.3, -0.25) is 0 Å². The molecule has 0 aromatic heterocycles. The summed E-state index contributed by atoms with van der Waals surface area (Å²) >= 11 is 3.39. The van der Waals surface area contributed by atoms with Gasteiger partial charge in [-0.15, -0.1) is 0 Å². The minimum Gasteiger partial charge on any atom is -0.491 e. The summed E-state index contributed by atoms with van der Waals surface area (Å²) in [6, 6.07) is 7.84. The lowest BCUT2D eigenvalue weighted by Crippen LogP contribution is -2.62. The molecule has 0 atom stereocenters. The molecule has 1 fully saturated rings. The minimum absolute atomic E-state index is 0.00702. The third-order valence-corrected chi connectivity index (χ3v) is 3.14. The molecule has 2 rings (SSSR count). The maximum absolute atomic E-state index is 5.70. The second kappa shape index (κ2) is 4.51. The largest absolute Gasteiger partial charge is 0.491 e. The molecule has 82 valence electrons. The molecule has 1 saturated heterocycles. The molecule has 0 bridgehead atoms. The van der Waals surface area contributed by atoms with Gasteiger partial charge in [-0.25, -0.2) is 0 Å². The van der Waals surface area contributed by atoms with Gasteiger partial charge in [0, 0.05) is 4.47 Å². The van der Waals surface area contributed by atoms with Gasteiger partial charge < -0.3 is 14.8 Å². The van der Waals surface area contributed by atoms with E-state index in [-0.39, 0.29) is 5.54 Å². The van der Waals surface area contributed by atoms with E-state index in [1.165, 1.54) is 0 Å². The fourth-order valence-electron chi connectivity index (χ4n) is 1.40. The van der Waals surface area contributed by atoms with E-state index in [0.717, 1.165) is 23.4 Å². The van der Waals surface area contributed by atoms with Crippen molar-refractivity contribution in [2.45, 2.75) is 5.54 Å². The van der Waals surface area contributed by atoms with E-state index < -0.39 is 0 Å². The molecule has 0 radical (unpaired) electrons. The van der Waals surface area contributed by atoms with Crippen molar-refractivity contribution in [2.75, 3.05) is 26.9 Å². The summed E-state index contributed by atoms with van der Waals surface area (Å²) in [5, 5.41) is 3.24. The van der Waals surface area contributed by atoms with Crippen LogP contribution < -0.4 is 10.1 Å². The predicted octanol–water partition coefficient (Wildman–Crippen LogP) is 1.82. The normalized spacial score (nSPS) is 18.3. The third-order valence-electron chi connectivity index (χ3n) is 2.62. The van der Waals surface area contributed by atoms with Crippen molar-refractivity contribution in [2.24, 2.45) is 0 Å². The molecule has 4 heteroatoms. The van der Waals surface area contributed by atoms with Crippen LogP contribution in [0.5, 0.6) is 5.75 Å². The number of likely N-dealkylation sites (N-methyl/N-ethyl adjacent to an activating group) is 1. The molecule has 1 aliphatic heterocycles. The molecule has 1 aromatic carbocycles. The zero-order valence-corrected chi connectivity index (χ0v) is 10.2. The Labute approximate surface area is 97.9 Å². The molecule has 1 aromatic rings. The highest BCUT2D eigenvalue weighted by molar-refractivity contribution is 9.10. The molecule has 0 unspecified atom stereocenters. The first-order valence-corrected chi connectivity index (χ1v) is 5.68. The molecule has 1 heterocycles. The van der Waals surface area contributed by atoms with E-state index in [1.807, 2.05) is 31.3 Å². The van der Waals surface area contributed by atoms with Crippen LogP contribution in [-0.2, 0) is 4.74 Å². The monoisotopic (exact) mass is 271 g/mol. The smallest absolute Gasteiger partial charge is 0.119 e. The Morgan fingerprint density at radius 1 is 1.40 bits per heavy atom. The van der Waals surface area contributed by atoms with Crippen molar-refractivity contribution in [1.82, 2.24) is 5.32 Å². The Hall–Kier alpha value is -0.580. The standard InChI is InChI=1S/C11H14BrNO2/c1-13-11(6-14-7-11)8-15-10-4-2-9(12)3-5-10/h2-5,13H,6-8H2,1H3. The van der Waals surface area contributed by atoms with Crippen LogP contribution in [0.1, 0.15) is 0 Å². The highest BCUT2D eigenvalue weighted by atomic mass is 79.9. The Kier molecular flexibility index (Phi) is 3.29. The Morgan fingerprint density at radius 2 is 2.07 bits per heavy atom. The van der Waals surface area contributed by atoms with Crippen LogP contribution in [0.3, 0.4) is 0 Å². The van der Waals surface area contributed by atoms with Crippen LogP contribution in [0.2, 0.25) is 0 Å². The molecule has 1 N–H and O–H groups in total. The minimum atomic E-state index is 0.00702. The molecule has 0 amide bonds. The molecule has 0 spiro atoms. The fraction of sp³-hybridized carbons (Fsp3) is 0.455. The summed E-state index contributed by atoms with van der Waals surface area (Å²) < 4.78 is 11.9. The lowest BCUT2D eigenvalue weighted by molar-refractivity contribution is -0.0891. The summed E-state index contributed by atoms with van der Waals surface area (Å²) in [7, 11) is 1.94. The van der Waals surface area contributed by atoms with Gasteiger partial charge in [-0.1, -0.05) is 15.9 Å². The fourth-order valence-corrected chi connectivity index (χ4v) is 1.66. The number of halogens is 1. The molecule has 15 heavy (non-hydrogen) atoms. The zero-order chi connectivity index (χ0) is 10.7. The molecular formula is C11H14BrNO2. The van der Waals surface area contributed by atoms with Crippen LogP contribution in [0.15, 0.2) is 28.7 Å². The highest BCUT2D eigenvalue weighted by Crippen LogP contribution is 2.20. The Balaban J connectivity index is 1.90. The summed E-state index contributed by atoms with van der Waals surface area (Å²) in [5.74, 6) is 0.889. The van der Waals surface area contributed by atoms with Gasteiger partial charge in [0.2, 0.25) is 0 Å². The number of hydrogen-bond donors (Lipinski definition) is 1. The Morgan fingerprint density at radius 3 is 2.53 bits per heavy atom. The lowest BCUT2D eigenvalue weighted by Gasteiger charge is -2.40. The molecule has 0 aliphatic carbocycles. The van der Waals surface area contributed by atoms with Gasteiger partial charge in [0.1, 0.15) is 12.4 Å². The lowest BCUT2D eigenvalue weighted by atomic mass is 9.99. The first-order valence-electron chi connectivity index (χ1n) is 4.89. The zero-order valence-electron chi connectivity index (χ0n) is 8.63. The van der Waals surface area contributed by atoms with E-state index >= 15 is 0 Å². The predicted molar refractivity (Wildman–Crippen MR) is 62.2 cm³/mol. The highest BCUT2D eigenvalue weighted by Gasteiger charge is 2.37. The molecule has 1 aliphatic rings. The maximum atomic E-state index is 5.70. The van der Waals surface area contributed by atoms with E-state index in [0.29, 0.717) is 6.61 Å². The van der Waals surface area contributed by atoms with Crippen LogP contribution in [0.25, 0.3) is 0 Å². The molecular weight excluding hydrogens is 258 g/mol. The van der Waals surface area contributed by atoms with E-state index in [2.05, 4.69) is 21.2 Å². The van der Waals surface area contributed by atoms with Crippen molar-refractivity contribution in [3.8, 4) is 5.75 Å².